The van der Waals surface area contributed by atoms with Gasteiger partial charge in [-0.1, -0.05) is 109 Å². The Morgan fingerprint density at radius 1 is 0.424 bits per heavy atom. The number of hydrogen-bond donors (Lipinski definition) is 0. The Morgan fingerprint density at radius 2 is 0.939 bits per heavy atom. The number of hydrogen-bond acceptors (Lipinski definition) is 0. The molecule has 0 saturated carbocycles. The molecule has 156 valence electrons. The fraction of sp³-hybridized carbons (Fsp3) is 0.0909. The Morgan fingerprint density at radius 3 is 1.52 bits per heavy atom. The van der Waals surface area contributed by atoms with E-state index in [1.807, 2.05) is 0 Å². The first-order chi connectivity index (χ1) is 16.2. The van der Waals surface area contributed by atoms with E-state index in [-0.39, 0.29) is 5.41 Å². The third-order valence-corrected chi connectivity index (χ3v) is 7.70. The quantitative estimate of drug-likeness (QED) is 0.250. The molecule has 0 saturated heterocycles. The minimum absolute atomic E-state index is 0.271. The molecule has 0 unspecified atom stereocenters. The molecule has 0 heteroatoms. The first-order valence-corrected chi connectivity index (χ1v) is 11.7. The minimum Gasteiger partial charge on any atom is -0.0619 e. The van der Waals surface area contributed by atoms with Gasteiger partial charge in [-0.2, -0.15) is 0 Å². The number of benzene rings is 5. The summed E-state index contributed by atoms with van der Waals surface area (Å²) in [5.74, 6) is 0. The van der Waals surface area contributed by atoms with E-state index in [1.54, 1.807) is 0 Å². The van der Waals surface area contributed by atoms with Crippen LogP contribution in [0.15, 0.2) is 109 Å². The van der Waals surface area contributed by atoms with E-state index in [4.69, 9.17) is 0 Å². The molecule has 0 fully saturated rings. The standard InChI is InChI=1S/C33H24/c1-21-15-16-22(2)28(19-21)23-17-18-27-26-11-5-8-14-31(26)33(32(27)20-23)29-12-6-3-9-24(29)25-10-4-7-13-30(25)33/h3-20H,1-2H3. The van der Waals surface area contributed by atoms with Gasteiger partial charge < -0.3 is 0 Å². The number of aryl methyl sites for hydroxylation is 2. The van der Waals surface area contributed by atoms with Gasteiger partial charge in [0.05, 0.1) is 5.41 Å². The lowest BCUT2D eigenvalue weighted by Crippen LogP contribution is -2.25. The molecular formula is C33H24. The topological polar surface area (TPSA) is 0 Å². The second-order valence-electron chi connectivity index (χ2n) is 9.47. The second-order valence-corrected chi connectivity index (χ2v) is 9.47. The summed E-state index contributed by atoms with van der Waals surface area (Å²) in [6, 6.07) is 40.9. The van der Waals surface area contributed by atoms with Gasteiger partial charge >= 0.3 is 0 Å². The molecule has 0 amide bonds. The van der Waals surface area contributed by atoms with Crippen molar-refractivity contribution in [3.63, 3.8) is 0 Å². The Hall–Kier alpha value is -3.90. The van der Waals surface area contributed by atoms with Crippen LogP contribution in [0.5, 0.6) is 0 Å². The average Bonchev–Trinajstić information content (AvgIpc) is 3.33. The van der Waals surface area contributed by atoms with Gasteiger partial charge in [0, 0.05) is 0 Å². The van der Waals surface area contributed by atoms with E-state index >= 15 is 0 Å². The molecule has 0 nitrogen and oxygen atoms in total. The zero-order chi connectivity index (χ0) is 22.2. The van der Waals surface area contributed by atoms with E-state index in [2.05, 4.69) is 123 Å². The predicted octanol–water partition coefficient (Wildman–Crippen LogP) is 8.31. The summed E-state index contributed by atoms with van der Waals surface area (Å²) in [4.78, 5) is 0. The first-order valence-electron chi connectivity index (χ1n) is 11.7. The third-order valence-electron chi connectivity index (χ3n) is 7.70. The fourth-order valence-corrected chi connectivity index (χ4v) is 6.31. The minimum atomic E-state index is -0.271. The van der Waals surface area contributed by atoms with Crippen LogP contribution in [-0.4, -0.2) is 0 Å². The van der Waals surface area contributed by atoms with Crippen molar-refractivity contribution in [2.75, 3.05) is 0 Å². The zero-order valence-electron chi connectivity index (χ0n) is 18.9. The molecule has 0 atom stereocenters. The van der Waals surface area contributed by atoms with Crippen LogP contribution in [-0.2, 0) is 5.41 Å². The van der Waals surface area contributed by atoms with Crippen LogP contribution in [0.3, 0.4) is 0 Å². The largest absolute Gasteiger partial charge is 0.0725 e. The summed E-state index contributed by atoms with van der Waals surface area (Å²) in [7, 11) is 0. The van der Waals surface area contributed by atoms with E-state index in [1.165, 1.54) is 66.8 Å². The van der Waals surface area contributed by atoms with E-state index in [0.29, 0.717) is 0 Å². The van der Waals surface area contributed by atoms with E-state index < -0.39 is 0 Å². The summed E-state index contributed by atoms with van der Waals surface area (Å²) in [5, 5.41) is 0. The molecule has 0 bridgehead atoms. The molecule has 0 aromatic heterocycles. The second kappa shape index (κ2) is 6.56. The molecule has 2 aliphatic rings. The lowest BCUT2D eigenvalue weighted by molar-refractivity contribution is 0.794. The molecule has 0 heterocycles. The van der Waals surface area contributed by atoms with Crippen molar-refractivity contribution < 1.29 is 0 Å². The molecule has 7 rings (SSSR count). The monoisotopic (exact) mass is 420 g/mol. The van der Waals surface area contributed by atoms with Crippen LogP contribution in [0, 0.1) is 13.8 Å². The lowest BCUT2D eigenvalue weighted by atomic mass is 9.70. The predicted molar refractivity (Wildman–Crippen MR) is 138 cm³/mol. The van der Waals surface area contributed by atoms with Crippen molar-refractivity contribution in [3.8, 4) is 33.4 Å². The normalized spacial score (nSPS) is 14.0. The van der Waals surface area contributed by atoms with Crippen LogP contribution in [0.4, 0.5) is 0 Å². The average molecular weight is 421 g/mol. The van der Waals surface area contributed by atoms with Crippen LogP contribution in [0.2, 0.25) is 0 Å². The van der Waals surface area contributed by atoms with Gasteiger partial charge in [-0.05, 0) is 81.1 Å². The van der Waals surface area contributed by atoms with Gasteiger partial charge in [-0.3, -0.25) is 0 Å². The van der Waals surface area contributed by atoms with Gasteiger partial charge in [0.15, 0.2) is 0 Å². The Bertz CT molecular complexity index is 1520. The summed E-state index contributed by atoms with van der Waals surface area (Å²) in [6.45, 7) is 4.39. The Labute approximate surface area is 195 Å². The van der Waals surface area contributed by atoms with Crippen LogP contribution < -0.4 is 0 Å². The van der Waals surface area contributed by atoms with Crippen LogP contribution in [0.25, 0.3) is 33.4 Å². The maximum atomic E-state index is 2.47. The summed E-state index contributed by atoms with van der Waals surface area (Å²) < 4.78 is 0. The summed E-state index contributed by atoms with van der Waals surface area (Å²) >= 11 is 0. The molecule has 0 N–H and O–H groups in total. The van der Waals surface area contributed by atoms with Crippen LogP contribution in [0.1, 0.15) is 33.4 Å². The molecule has 5 aromatic rings. The lowest BCUT2D eigenvalue weighted by Gasteiger charge is -2.30. The third kappa shape index (κ3) is 2.31. The highest BCUT2D eigenvalue weighted by Crippen LogP contribution is 2.62. The highest BCUT2D eigenvalue weighted by atomic mass is 14.5. The van der Waals surface area contributed by atoms with Crippen molar-refractivity contribution in [2.45, 2.75) is 19.3 Å². The van der Waals surface area contributed by atoms with Gasteiger partial charge in [0.25, 0.3) is 0 Å². The number of fused-ring (bicyclic) bond motifs is 10. The van der Waals surface area contributed by atoms with E-state index in [0.717, 1.165) is 0 Å². The molecule has 0 radical (unpaired) electrons. The fourth-order valence-electron chi connectivity index (χ4n) is 6.31. The first kappa shape index (κ1) is 18.7. The Balaban J connectivity index is 1.63. The van der Waals surface area contributed by atoms with Gasteiger partial charge in [-0.15, -0.1) is 0 Å². The molecule has 2 aliphatic carbocycles. The molecular weight excluding hydrogens is 396 g/mol. The van der Waals surface area contributed by atoms with Gasteiger partial charge in [-0.25, -0.2) is 0 Å². The Kier molecular flexibility index (Phi) is 3.71. The molecule has 5 aromatic carbocycles. The van der Waals surface area contributed by atoms with Crippen molar-refractivity contribution in [1.29, 1.82) is 0 Å². The van der Waals surface area contributed by atoms with Crippen molar-refractivity contribution in [3.05, 3.63) is 143 Å². The maximum Gasteiger partial charge on any atom is 0.0725 e. The molecule has 33 heavy (non-hydrogen) atoms. The highest BCUT2D eigenvalue weighted by Gasteiger charge is 2.51. The highest BCUT2D eigenvalue weighted by molar-refractivity contribution is 5.95. The SMILES string of the molecule is Cc1ccc(C)c(-c2ccc3c(c2)C2(c4ccccc4-c4ccccc42)c2ccccc2-3)c1. The maximum absolute atomic E-state index is 2.47. The van der Waals surface area contributed by atoms with E-state index in [9.17, 15) is 0 Å². The zero-order valence-corrected chi connectivity index (χ0v) is 18.9. The summed E-state index contributed by atoms with van der Waals surface area (Å²) in [5.41, 5.74) is 16.0. The van der Waals surface area contributed by atoms with Crippen molar-refractivity contribution in [2.24, 2.45) is 0 Å². The number of rotatable bonds is 1. The van der Waals surface area contributed by atoms with Crippen molar-refractivity contribution in [1.82, 2.24) is 0 Å². The van der Waals surface area contributed by atoms with Crippen molar-refractivity contribution >= 4 is 0 Å². The molecule has 1 spiro atoms. The van der Waals surface area contributed by atoms with Gasteiger partial charge in [0.1, 0.15) is 0 Å². The van der Waals surface area contributed by atoms with Crippen LogP contribution >= 0.6 is 0 Å². The summed E-state index contributed by atoms with van der Waals surface area (Å²) in [6.07, 6.45) is 0. The smallest absolute Gasteiger partial charge is 0.0619 e. The van der Waals surface area contributed by atoms with Gasteiger partial charge in [0.2, 0.25) is 0 Å². The molecule has 0 aliphatic heterocycles.